The number of fused-ring (bicyclic) bond motifs is 3. The van der Waals surface area contributed by atoms with Gasteiger partial charge in [0, 0.05) is 27.0 Å². The van der Waals surface area contributed by atoms with Crippen LogP contribution in [0.5, 0.6) is 5.75 Å². The summed E-state index contributed by atoms with van der Waals surface area (Å²) >= 11 is 16.2. The molecule has 0 saturated carbocycles. The van der Waals surface area contributed by atoms with E-state index in [4.69, 9.17) is 33.0 Å². The van der Waals surface area contributed by atoms with Crippen LogP contribution in [0.3, 0.4) is 0 Å². The highest BCUT2D eigenvalue weighted by Gasteiger charge is 2.44. The number of hydrazone groups is 1. The molecule has 156 valence electrons. The Hall–Kier alpha value is -2.34. The maximum Gasteiger partial charge on any atom is 0.251 e. The van der Waals surface area contributed by atoms with Crippen LogP contribution in [0, 0.1) is 6.92 Å². The van der Waals surface area contributed by atoms with E-state index in [0.29, 0.717) is 27.8 Å². The summed E-state index contributed by atoms with van der Waals surface area (Å²) in [7, 11) is 0. The van der Waals surface area contributed by atoms with Crippen molar-refractivity contribution in [3.63, 3.8) is 0 Å². The summed E-state index contributed by atoms with van der Waals surface area (Å²) in [5.74, 6) is 0.326. The summed E-state index contributed by atoms with van der Waals surface area (Å²) in [5.41, 5.74) is 4.36. The van der Waals surface area contributed by atoms with Crippen LogP contribution < -0.4 is 4.74 Å². The highest BCUT2D eigenvalue weighted by Crippen LogP contribution is 2.47. The van der Waals surface area contributed by atoms with Gasteiger partial charge in [-0.2, -0.15) is 5.10 Å². The third-order valence-corrected chi connectivity index (χ3v) is 6.57. The van der Waals surface area contributed by atoms with Crippen LogP contribution in [-0.2, 0) is 0 Å². The van der Waals surface area contributed by atoms with Gasteiger partial charge in [0.1, 0.15) is 5.75 Å². The minimum Gasteiger partial charge on any atom is -0.459 e. The first-order chi connectivity index (χ1) is 14.9. The second-order valence-corrected chi connectivity index (χ2v) is 9.42. The zero-order valence-corrected chi connectivity index (χ0v) is 19.6. The normalized spacial score (nSPS) is 19.4. The lowest BCUT2D eigenvalue weighted by Gasteiger charge is -2.37. The summed E-state index contributed by atoms with van der Waals surface area (Å²) in [6, 6.07) is 18.7. The minimum atomic E-state index is -0.910. The summed E-state index contributed by atoms with van der Waals surface area (Å²) in [5, 5.41) is 7.47. The Morgan fingerprint density at radius 3 is 2.52 bits per heavy atom. The monoisotopic (exact) mass is 514 g/mol. The second kappa shape index (κ2) is 7.97. The van der Waals surface area contributed by atoms with Gasteiger partial charge in [-0.05, 0) is 36.8 Å². The molecule has 2 heterocycles. The summed E-state index contributed by atoms with van der Waals surface area (Å²) < 4.78 is 7.15. The van der Waals surface area contributed by atoms with E-state index in [1.54, 1.807) is 11.1 Å². The van der Waals surface area contributed by atoms with Gasteiger partial charge in [-0.1, -0.05) is 81.1 Å². The van der Waals surface area contributed by atoms with Crippen molar-refractivity contribution in [3.05, 3.63) is 97.4 Å². The van der Waals surface area contributed by atoms with Crippen molar-refractivity contribution in [1.82, 2.24) is 5.01 Å². The van der Waals surface area contributed by atoms with Crippen LogP contribution in [0.1, 0.15) is 39.5 Å². The molecule has 0 amide bonds. The molecule has 0 fully saturated rings. The fourth-order valence-corrected chi connectivity index (χ4v) is 4.78. The summed E-state index contributed by atoms with van der Waals surface area (Å²) in [6.45, 7) is 1.98. The fraction of sp³-hybridized carbons (Fsp3) is 0.167. The molecular weight excluding hydrogens is 499 g/mol. The first-order valence-corrected chi connectivity index (χ1v) is 11.3. The van der Waals surface area contributed by atoms with Gasteiger partial charge in [0.2, 0.25) is 5.78 Å². The van der Waals surface area contributed by atoms with Crippen molar-refractivity contribution in [1.29, 1.82) is 0 Å². The number of halogens is 3. The molecular formula is C24H17BrCl2N2O2. The minimum absolute atomic E-state index is 0.164. The standard InChI is InChI=1S/C24H17BrCl2N2O2/c1-13-2-4-15(5-3-13)22(30)24-29-21(18-10-17(26)11-19(27)23(18)31-24)12-20(28-29)14-6-8-16(25)9-7-14/h2-11,21,24H,12H2,1H3/t21-,24+/m1/s1. The Bertz CT molecular complexity index is 1210. The zero-order chi connectivity index (χ0) is 21.7. The lowest BCUT2D eigenvalue weighted by Crippen LogP contribution is -2.46. The van der Waals surface area contributed by atoms with Crippen molar-refractivity contribution >= 4 is 50.6 Å². The Kier molecular flexibility index (Phi) is 5.29. The summed E-state index contributed by atoms with van der Waals surface area (Å²) in [6.07, 6.45) is -0.293. The molecule has 0 radical (unpaired) electrons. The van der Waals surface area contributed by atoms with E-state index in [1.807, 2.05) is 61.5 Å². The molecule has 4 nitrogen and oxygen atoms in total. The molecule has 0 aromatic heterocycles. The topological polar surface area (TPSA) is 41.9 Å². The molecule has 2 atom stereocenters. The van der Waals surface area contributed by atoms with Crippen LogP contribution in [-0.4, -0.2) is 22.7 Å². The predicted octanol–water partition coefficient (Wildman–Crippen LogP) is 6.82. The quantitative estimate of drug-likeness (QED) is 0.359. The molecule has 0 spiro atoms. The molecule has 7 heteroatoms. The van der Waals surface area contributed by atoms with Gasteiger partial charge >= 0.3 is 0 Å². The molecule has 31 heavy (non-hydrogen) atoms. The first-order valence-electron chi connectivity index (χ1n) is 9.79. The van der Waals surface area contributed by atoms with Crippen molar-refractivity contribution in [3.8, 4) is 5.75 Å². The van der Waals surface area contributed by atoms with Gasteiger partial charge in [-0.15, -0.1) is 0 Å². The molecule has 3 aromatic carbocycles. The zero-order valence-electron chi connectivity index (χ0n) is 16.5. The molecule has 0 aliphatic carbocycles. The number of Topliss-reactive ketones (excluding diaryl/α,β-unsaturated/α-hetero) is 1. The van der Waals surface area contributed by atoms with E-state index < -0.39 is 6.23 Å². The molecule has 2 aliphatic heterocycles. The van der Waals surface area contributed by atoms with Crippen LogP contribution in [0.4, 0.5) is 0 Å². The van der Waals surface area contributed by atoms with Crippen molar-refractivity contribution < 1.29 is 9.53 Å². The third-order valence-electron chi connectivity index (χ3n) is 5.55. The fourth-order valence-electron chi connectivity index (χ4n) is 3.96. The molecule has 3 aromatic rings. The van der Waals surface area contributed by atoms with Crippen LogP contribution in [0.15, 0.2) is 70.2 Å². The number of carbonyl (C=O) groups excluding carboxylic acids is 1. The SMILES string of the molecule is Cc1ccc(C(=O)[C@@H]2Oc3c(Cl)cc(Cl)cc3[C@H]3CC(c4ccc(Br)cc4)=NN32)cc1. The summed E-state index contributed by atoms with van der Waals surface area (Å²) in [4.78, 5) is 13.4. The lowest BCUT2D eigenvalue weighted by atomic mass is 9.95. The van der Waals surface area contributed by atoms with Gasteiger partial charge < -0.3 is 4.74 Å². The van der Waals surface area contributed by atoms with E-state index >= 15 is 0 Å². The molecule has 2 aliphatic rings. The smallest absolute Gasteiger partial charge is 0.251 e. The maximum atomic E-state index is 13.4. The average molecular weight is 516 g/mol. The predicted molar refractivity (Wildman–Crippen MR) is 126 cm³/mol. The molecule has 5 rings (SSSR count). The van der Waals surface area contributed by atoms with Gasteiger partial charge in [0.15, 0.2) is 0 Å². The van der Waals surface area contributed by atoms with E-state index in [0.717, 1.165) is 26.9 Å². The first kappa shape index (κ1) is 20.6. The van der Waals surface area contributed by atoms with E-state index in [1.165, 1.54) is 0 Å². The van der Waals surface area contributed by atoms with Gasteiger partial charge in [-0.25, -0.2) is 5.01 Å². The Morgan fingerprint density at radius 1 is 1.10 bits per heavy atom. The molecule has 0 unspecified atom stereocenters. The van der Waals surface area contributed by atoms with Gasteiger partial charge in [0.25, 0.3) is 6.23 Å². The second-order valence-electron chi connectivity index (χ2n) is 7.66. The van der Waals surface area contributed by atoms with E-state index in [-0.39, 0.29) is 11.8 Å². The van der Waals surface area contributed by atoms with Gasteiger partial charge in [0.05, 0.1) is 16.8 Å². The number of benzene rings is 3. The van der Waals surface area contributed by atoms with E-state index in [2.05, 4.69) is 15.9 Å². The number of ether oxygens (including phenoxy) is 1. The Morgan fingerprint density at radius 2 is 1.81 bits per heavy atom. The van der Waals surface area contributed by atoms with Crippen molar-refractivity contribution in [2.24, 2.45) is 5.10 Å². The number of ketones is 1. The van der Waals surface area contributed by atoms with Gasteiger partial charge in [-0.3, -0.25) is 4.79 Å². The van der Waals surface area contributed by atoms with E-state index in [9.17, 15) is 4.79 Å². The third kappa shape index (κ3) is 3.75. The highest BCUT2D eigenvalue weighted by atomic mass is 79.9. The van der Waals surface area contributed by atoms with Crippen LogP contribution in [0.25, 0.3) is 0 Å². The molecule has 0 N–H and O–H groups in total. The van der Waals surface area contributed by atoms with Crippen molar-refractivity contribution in [2.75, 3.05) is 0 Å². The van der Waals surface area contributed by atoms with Crippen LogP contribution >= 0.6 is 39.1 Å². The molecule has 0 saturated heterocycles. The number of nitrogens with zero attached hydrogens (tertiary/aromatic N) is 2. The number of rotatable bonds is 3. The maximum absolute atomic E-state index is 13.4. The number of aryl methyl sites for hydroxylation is 1. The number of hydrogen-bond acceptors (Lipinski definition) is 4. The van der Waals surface area contributed by atoms with Crippen molar-refractivity contribution in [2.45, 2.75) is 25.6 Å². The Balaban J connectivity index is 1.59. The number of hydrogen-bond donors (Lipinski definition) is 0. The lowest BCUT2D eigenvalue weighted by molar-refractivity contribution is -0.00447. The Labute approximate surface area is 198 Å². The van der Waals surface area contributed by atoms with Crippen LogP contribution in [0.2, 0.25) is 10.0 Å². The average Bonchev–Trinajstić information content (AvgIpc) is 3.19. The highest BCUT2D eigenvalue weighted by molar-refractivity contribution is 9.10. The molecule has 0 bridgehead atoms. The largest absolute Gasteiger partial charge is 0.459 e. The number of carbonyl (C=O) groups is 1.